The first-order valence-electron chi connectivity index (χ1n) is 11.8. The van der Waals surface area contributed by atoms with Crippen molar-refractivity contribution in [3.63, 3.8) is 0 Å². The lowest BCUT2D eigenvalue weighted by Gasteiger charge is -2.29. The van der Waals surface area contributed by atoms with Crippen LogP contribution in [-0.2, 0) is 16.0 Å². The zero-order chi connectivity index (χ0) is 24.2. The normalized spacial score (nSPS) is 18.1. The molecule has 0 saturated carbocycles. The first-order valence-corrected chi connectivity index (χ1v) is 11.8. The highest BCUT2D eigenvalue weighted by atomic mass is 19.1. The Kier molecular flexibility index (Phi) is 7.06. The van der Waals surface area contributed by atoms with Gasteiger partial charge in [-0.1, -0.05) is 5.16 Å². The predicted octanol–water partition coefficient (Wildman–Crippen LogP) is 4.28. The van der Waals surface area contributed by atoms with E-state index in [1.54, 1.807) is 17.0 Å². The summed E-state index contributed by atoms with van der Waals surface area (Å²) in [4.78, 5) is 17.3. The zero-order valence-corrected chi connectivity index (χ0v) is 19.3. The Labute approximate surface area is 202 Å². The quantitative estimate of drug-likeness (QED) is 0.500. The summed E-state index contributed by atoms with van der Waals surface area (Å²) in [6.07, 6.45) is 1.72. The molecule has 1 amide bonds. The summed E-state index contributed by atoms with van der Waals surface area (Å²) in [6, 6.07) is 11.6. The standard InChI is InChI=1S/C26H27F2N3O4/c27-20-7-3-18(4-8-20)24-23(26(35-29-24)30-11-14-33-15-12-30)17-31(16-22-2-1-13-34-22)25(32)19-5-9-21(28)10-6-19/h3-10,22H,1-2,11-17H2/t22-/m0/s1. The van der Waals surface area contributed by atoms with E-state index in [4.69, 9.17) is 14.0 Å². The number of carbonyl (C=O) groups is 1. The van der Waals surface area contributed by atoms with Gasteiger partial charge in [0.05, 0.1) is 31.4 Å². The van der Waals surface area contributed by atoms with Crippen LogP contribution in [0.4, 0.5) is 14.7 Å². The van der Waals surface area contributed by atoms with Crippen LogP contribution >= 0.6 is 0 Å². The van der Waals surface area contributed by atoms with Gasteiger partial charge in [0.2, 0.25) is 5.88 Å². The number of hydrogen-bond acceptors (Lipinski definition) is 6. The molecule has 1 aromatic heterocycles. The van der Waals surface area contributed by atoms with Crippen LogP contribution in [0.1, 0.15) is 28.8 Å². The lowest BCUT2D eigenvalue weighted by Crippen LogP contribution is -2.39. The minimum absolute atomic E-state index is 0.0830. The van der Waals surface area contributed by atoms with Crippen molar-refractivity contribution in [2.45, 2.75) is 25.5 Å². The van der Waals surface area contributed by atoms with Gasteiger partial charge in [0.25, 0.3) is 5.91 Å². The molecule has 0 bridgehead atoms. The van der Waals surface area contributed by atoms with Crippen LogP contribution in [0.5, 0.6) is 0 Å². The fraction of sp³-hybridized carbons (Fsp3) is 0.385. The van der Waals surface area contributed by atoms with Gasteiger partial charge in [-0.2, -0.15) is 0 Å². The molecule has 0 unspecified atom stereocenters. The molecule has 1 atom stereocenters. The maximum Gasteiger partial charge on any atom is 0.254 e. The van der Waals surface area contributed by atoms with E-state index in [1.165, 1.54) is 36.4 Å². The van der Waals surface area contributed by atoms with Gasteiger partial charge in [0, 0.05) is 37.4 Å². The largest absolute Gasteiger partial charge is 0.378 e. The molecule has 0 N–H and O–H groups in total. The fourth-order valence-electron chi connectivity index (χ4n) is 4.51. The number of halogens is 2. The summed E-state index contributed by atoms with van der Waals surface area (Å²) in [5, 5.41) is 4.32. The number of aromatic nitrogens is 1. The number of benzene rings is 2. The van der Waals surface area contributed by atoms with Crippen LogP contribution in [0.3, 0.4) is 0 Å². The van der Waals surface area contributed by atoms with Gasteiger partial charge in [-0.15, -0.1) is 0 Å². The van der Waals surface area contributed by atoms with Crippen molar-refractivity contribution < 1.29 is 27.6 Å². The number of morpholine rings is 1. The Balaban J connectivity index is 1.52. The third-order valence-corrected chi connectivity index (χ3v) is 6.36. The summed E-state index contributed by atoms with van der Waals surface area (Å²) >= 11 is 0. The van der Waals surface area contributed by atoms with Gasteiger partial charge in [-0.25, -0.2) is 8.78 Å². The third-order valence-electron chi connectivity index (χ3n) is 6.36. The monoisotopic (exact) mass is 483 g/mol. The van der Waals surface area contributed by atoms with E-state index < -0.39 is 5.82 Å². The van der Waals surface area contributed by atoms with Crippen molar-refractivity contribution in [2.75, 3.05) is 44.4 Å². The number of nitrogens with zero attached hydrogens (tertiary/aromatic N) is 3. The van der Waals surface area contributed by atoms with Crippen molar-refractivity contribution in [1.29, 1.82) is 0 Å². The Morgan fingerprint density at radius 3 is 2.34 bits per heavy atom. The van der Waals surface area contributed by atoms with E-state index in [-0.39, 0.29) is 24.4 Å². The summed E-state index contributed by atoms with van der Waals surface area (Å²) in [7, 11) is 0. The van der Waals surface area contributed by atoms with Crippen LogP contribution in [0.25, 0.3) is 11.3 Å². The molecule has 9 heteroatoms. The molecule has 0 radical (unpaired) electrons. The lowest BCUT2D eigenvalue weighted by atomic mass is 10.1. The summed E-state index contributed by atoms with van der Waals surface area (Å²) in [5.74, 6) is -0.422. The van der Waals surface area contributed by atoms with Crippen LogP contribution in [0.2, 0.25) is 0 Å². The van der Waals surface area contributed by atoms with Gasteiger partial charge in [0.15, 0.2) is 0 Å². The number of hydrogen-bond donors (Lipinski definition) is 0. The van der Waals surface area contributed by atoms with Crippen LogP contribution in [0, 0.1) is 11.6 Å². The maximum absolute atomic E-state index is 13.6. The Morgan fingerprint density at radius 2 is 1.69 bits per heavy atom. The first kappa shape index (κ1) is 23.4. The summed E-state index contributed by atoms with van der Waals surface area (Å²) in [5.41, 5.74) is 2.36. The average Bonchev–Trinajstić information content (AvgIpc) is 3.55. The Morgan fingerprint density at radius 1 is 1.00 bits per heavy atom. The highest BCUT2D eigenvalue weighted by Gasteiger charge is 2.30. The second kappa shape index (κ2) is 10.5. The van der Waals surface area contributed by atoms with Gasteiger partial charge in [-0.05, 0) is 61.4 Å². The van der Waals surface area contributed by atoms with Crippen LogP contribution < -0.4 is 4.90 Å². The van der Waals surface area contributed by atoms with Crippen molar-refractivity contribution in [1.82, 2.24) is 10.1 Å². The Hall–Kier alpha value is -3.30. The van der Waals surface area contributed by atoms with E-state index in [0.717, 1.165) is 18.4 Å². The molecule has 2 aliphatic heterocycles. The molecule has 3 heterocycles. The third kappa shape index (κ3) is 5.36. The molecular weight excluding hydrogens is 456 g/mol. The van der Waals surface area contributed by atoms with Gasteiger partial charge < -0.3 is 23.8 Å². The van der Waals surface area contributed by atoms with Gasteiger partial charge in [0.1, 0.15) is 17.3 Å². The zero-order valence-electron chi connectivity index (χ0n) is 19.3. The highest BCUT2D eigenvalue weighted by molar-refractivity contribution is 5.94. The lowest BCUT2D eigenvalue weighted by molar-refractivity contribution is 0.0507. The number of carbonyl (C=O) groups excluding carboxylic acids is 1. The molecule has 2 fully saturated rings. The topological polar surface area (TPSA) is 68.0 Å². The van der Waals surface area contributed by atoms with E-state index >= 15 is 0 Å². The molecular formula is C26H27F2N3O4. The molecule has 2 aromatic carbocycles. The van der Waals surface area contributed by atoms with Crippen molar-refractivity contribution >= 4 is 11.8 Å². The minimum Gasteiger partial charge on any atom is -0.378 e. The van der Waals surface area contributed by atoms with Crippen molar-refractivity contribution in [2.24, 2.45) is 0 Å². The SMILES string of the molecule is O=C(c1ccc(F)cc1)N(Cc1c(-c2ccc(F)cc2)noc1N1CCOCC1)C[C@@H]1CCCO1. The molecule has 2 aliphatic rings. The first-order chi connectivity index (χ1) is 17.1. The Bertz CT molecular complexity index is 1140. The van der Waals surface area contributed by atoms with Gasteiger partial charge >= 0.3 is 0 Å². The molecule has 184 valence electrons. The maximum atomic E-state index is 13.6. The van der Waals surface area contributed by atoms with Crippen molar-refractivity contribution in [3.8, 4) is 11.3 Å². The average molecular weight is 484 g/mol. The molecule has 5 rings (SSSR count). The number of anilines is 1. The molecule has 0 spiro atoms. The molecule has 35 heavy (non-hydrogen) atoms. The van der Waals surface area contributed by atoms with Gasteiger partial charge in [-0.3, -0.25) is 4.79 Å². The number of ether oxygens (including phenoxy) is 2. The smallest absolute Gasteiger partial charge is 0.254 e. The molecule has 3 aromatic rings. The molecule has 7 nitrogen and oxygen atoms in total. The number of amides is 1. The van der Waals surface area contributed by atoms with E-state index in [1.807, 2.05) is 4.90 Å². The fourth-order valence-corrected chi connectivity index (χ4v) is 4.51. The van der Waals surface area contributed by atoms with E-state index in [9.17, 15) is 13.6 Å². The van der Waals surface area contributed by atoms with Crippen LogP contribution in [-0.4, -0.2) is 61.5 Å². The summed E-state index contributed by atoms with van der Waals surface area (Å²) in [6.45, 7) is 3.62. The van der Waals surface area contributed by atoms with Crippen LogP contribution in [0.15, 0.2) is 53.1 Å². The number of rotatable bonds is 7. The molecule has 0 aliphatic carbocycles. The molecule has 2 saturated heterocycles. The van der Waals surface area contributed by atoms with E-state index in [0.29, 0.717) is 62.2 Å². The van der Waals surface area contributed by atoms with Crippen molar-refractivity contribution in [3.05, 3.63) is 71.3 Å². The highest BCUT2D eigenvalue weighted by Crippen LogP contribution is 2.34. The minimum atomic E-state index is -0.403. The second-order valence-electron chi connectivity index (χ2n) is 8.75. The second-order valence-corrected chi connectivity index (χ2v) is 8.75. The predicted molar refractivity (Wildman–Crippen MR) is 125 cm³/mol. The summed E-state index contributed by atoms with van der Waals surface area (Å²) < 4.78 is 44.2. The van der Waals surface area contributed by atoms with E-state index in [2.05, 4.69) is 5.16 Å².